The van der Waals surface area contributed by atoms with E-state index in [-0.39, 0.29) is 18.5 Å². The Bertz CT molecular complexity index is 599. The third kappa shape index (κ3) is 6.48. The summed E-state index contributed by atoms with van der Waals surface area (Å²) in [6.45, 7) is 6.11. The van der Waals surface area contributed by atoms with Crippen molar-refractivity contribution in [2.45, 2.75) is 39.7 Å². The van der Waals surface area contributed by atoms with Gasteiger partial charge in [0.25, 0.3) is 0 Å². The SMILES string of the molecule is CCC[C@@H](C)NC(=O)CN(c1ccc(OCC)cc1)S(C)(=O)=O. The minimum absolute atomic E-state index is 0.0224. The summed E-state index contributed by atoms with van der Waals surface area (Å²) in [6.07, 6.45) is 2.90. The van der Waals surface area contributed by atoms with Crippen molar-refractivity contribution >= 4 is 21.6 Å². The minimum atomic E-state index is -3.55. The van der Waals surface area contributed by atoms with Gasteiger partial charge in [-0.05, 0) is 44.5 Å². The van der Waals surface area contributed by atoms with Gasteiger partial charge in [-0.15, -0.1) is 0 Å². The molecule has 130 valence electrons. The number of hydrogen-bond donors (Lipinski definition) is 1. The van der Waals surface area contributed by atoms with Crippen LogP contribution in [0, 0.1) is 0 Å². The van der Waals surface area contributed by atoms with Crippen LogP contribution < -0.4 is 14.4 Å². The predicted molar refractivity (Wildman–Crippen MR) is 92.3 cm³/mol. The Kier molecular flexibility index (Phi) is 7.35. The first-order valence-corrected chi connectivity index (χ1v) is 9.62. The molecule has 0 aliphatic rings. The third-order valence-electron chi connectivity index (χ3n) is 3.25. The maximum atomic E-state index is 12.1. The van der Waals surface area contributed by atoms with Crippen LogP contribution in [0.1, 0.15) is 33.6 Å². The van der Waals surface area contributed by atoms with Crippen LogP contribution in [0.25, 0.3) is 0 Å². The molecule has 1 aromatic rings. The van der Waals surface area contributed by atoms with Crippen LogP contribution in [0.3, 0.4) is 0 Å². The van der Waals surface area contributed by atoms with Gasteiger partial charge >= 0.3 is 0 Å². The molecule has 0 radical (unpaired) electrons. The summed E-state index contributed by atoms with van der Waals surface area (Å²) >= 11 is 0. The highest BCUT2D eigenvalue weighted by molar-refractivity contribution is 7.92. The molecule has 23 heavy (non-hydrogen) atoms. The number of rotatable bonds is 9. The smallest absolute Gasteiger partial charge is 0.240 e. The Labute approximate surface area is 138 Å². The van der Waals surface area contributed by atoms with E-state index in [0.717, 1.165) is 23.4 Å². The number of benzene rings is 1. The first-order chi connectivity index (χ1) is 10.8. The summed E-state index contributed by atoms with van der Waals surface area (Å²) in [4.78, 5) is 12.1. The fourth-order valence-corrected chi connectivity index (χ4v) is 3.09. The first-order valence-electron chi connectivity index (χ1n) is 7.77. The van der Waals surface area contributed by atoms with Gasteiger partial charge in [0.05, 0.1) is 18.6 Å². The number of hydrogen-bond acceptors (Lipinski definition) is 4. The second kappa shape index (κ2) is 8.76. The highest BCUT2D eigenvalue weighted by atomic mass is 32.2. The van der Waals surface area contributed by atoms with Crippen LogP contribution in [-0.4, -0.2) is 39.8 Å². The monoisotopic (exact) mass is 342 g/mol. The normalized spacial score (nSPS) is 12.5. The quantitative estimate of drug-likeness (QED) is 0.746. The lowest BCUT2D eigenvalue weighted by Crippen LogP contribution is -2.43. The molecular formula is C16H26N2O4S. The number of carbonyl (C=O) groups excluding carboxylic acids is 1. The van der Waals surface area contributed by atoms with Gasteiger partial charge in [0.2, 0.25) is 15.9 Å². The predicted octanol–water partition coefficient (Wildman–Crippen LogP) is 2.16. The summed E-state index contributed by atoms with van der Waals surface area (Å²) < 4.78 is 30.4. The molecule has 6 nitrogen and oxygen atoms in total. The topological polar surface area (TPSA) is 75.7 Å². The van der Waals surface area contributed by atoms with Crippen LogP contribution in [0.5, 0.6) is 5.75 Å². The molecule has 0 unspecified atom stereocenters. The number of sulfonamides is 1. The van der Waals surface area contributed by atoms with Crippen molar-refractivity contribution in [2.75, 3.05) is 23.7 Å². The Morgan fingerprint density at radius 1 is 1.26 bits per heavy atom. The molecule has 0 aromatic heterocycles. The van der Waals surface area contributed by atoms with E-state index in [0.29, 0.717) is 18.0 Å². The molecule has 0 aliphatic carbocycles. The number of nitrogens with one attached hydrogen (secondary N) is 1. The highest BCUT2D eigenvalue weighted by Crippen LogP contribution is 2.21. The third-order valence-corrected chi connectivity index (χ3v) is 4.39. The molecular weight excluding hydrogens is 316 g/mol. The number of carbonyl (C=O) groups is 1. The van der Waals surface area contributed by atoms with E-state index in [1.165, 1.54) is 0 Å². The molecule has 1 atom stereocenters. The molecule has 0 bridgehead atoms. The summed E-state index contributed by atoms with van der Waals surface area (Å²) in [7, 11) is -3.55. The van der Waals surface area contributed by atoms with Crippen molar-refractivity contribution in [2.24, 2.45) is 0 Å². The van der Waals surface area contributed by atoms with E-state index in [9.17, 15) is 13.2 Å². The molecule has 1 aromatic carbocycles. The van der Waals surface area contributed by atoms with Crippen LogP contribution in [0.15, 0.2) is 24.3 Å². The van der Waals surface area contributed by atoms with Gasteiger partial charge in [-0.1, -0.05) is 13.3 Å². The number of amides is 1. The average molecular weight is 342 g/mol. The molecule has 1 N–H and O–H groups in total. The fraction of sp³-hybridized carbons (Fsp3) is 0.562. The standard InChI is InChI=1S/C16H26N2O4S/c1-5-7-13(3)17-16(19)12-18(23(4,20)21)14-8-10-15(11-9-14)22-6-2/h8-11,13H,5-7,12H2,1-4H3,(H,17,19)/t13-/m1/s1. The lowest BCUT2D eigenvalue weighted by atomic mass is 10.2. The fourth-order valence-electron chi connectivity index (χ4n) is 2.23. The van der Waals surface area contributed by atoms with Gasteiger partial charge in [-0.25, -0.2) is 8.42 Å². The van der Waals surface area contributed by atoms with Gasteiger partial charge in [0.1, 0.15) is 12.3 Å². The summed E-state index contributed by atoms with van der Waals surface area (Å²) in [5.41, 5.74) is 0.439. The molecule has 1 rings (SSSR count). The van der Waals surface area contributed by atoms with Gasteiger partial charge in [0.15, 0.2) is 0 Å². The van der Waals surface area contributed by atoms with Crippen LogP contribution in [0.4, 0.5) is 5.69 Å². The Morgan fingerprint density at radius 3 is 2.35 bits per heavy atom. The van der Waals surface area contributed by atoms with E-state index in [2.05, 4.69) is 5.32 Å². The molecule has 0 fully saturated rings. The lowest BCUT2D eigenvalue weighted by molar-refractivity contribution is -0.120. The zero-order valence-electron chi connectivity index (χ0n) is 14.2. The zero-order chi connectivity index (χ0) is 17.5. The van der Waals surface area contributed by atoms with E-state index in [1.54, 1.807) is 24.3 Å². The molecule has 0 saturated carbocycles. The van der Waals surface area contributed by atoms with E-state index >= 15 is 0 Å². The van der Waals surface area contributed by atoms with E-state index in [4.69, 9.17) is 4.74 Å². The molecule has 0 saturated heterocycles. The summed E-state index contributed by atoms with van der Waals surface area (Å²) in [5.74, 6) is 0.344. The van der Waals surface area contributed by atoms with Crippen molar-refractivity contribution in [3.63, 3.8) is 0 Å². The molecule has 0 heterocycles. The molecule has 1 amide bonds. The highest BCUT2D eigenvalue weighted by Gasteiger charge is 2.21. The van der Waals surface area contributed by atoms with Crippen LogP contribution in [0.2, 0.25) is 0 Å². The average Bonchev–Trinajstić information content (AvgIpc) is 2.45. The first kappa shape index (κ1) is 19.3. The van der Waals surface area contributed by atoms with Gasteiger partial charge in [-0.3, -0.25) is 9.10 Å². The molecule has 0 spiro atoms. The number of ether oxygens (including phenoxy) is 1. The lowest BCUT2D eigenvalue weighted by Gasteiger charge is -2.23. The maximum Gasteiger partial charge on any atom is 0.240 e. The second-order valence-electron chi connectivity index (χ2n) is 5.45. The maximum absolute atomic E-state index is 12.1. The second-order valence-corrected chi connectivity index (χ2v) is 7.36. The van der Waals surface area contributed by atoms with Gasteiger partial charge in [-0.2, -0.15) is 0 Å². The van der Waals surface area contributed by atoms with E-state index in [1.807, 2.05) is 20.8 Å². The van der Waals surface area contributed by atoms with Gasteiger partial charge < -0.3 is 10.1 Å². The Balaban J connectivity index is 2.87. The number of nitrogens with zero attached hydrogens (tertiary/aromatic N) is 1. The molecule has 0 aliphatic heterocycles. The number of anilines is 1. The van der Waals surface area contributed by atoms with Crippen molar-refractivity contribution in [3.05, 3.63) is 24.3 Å². The van der Waals surface area contributed by atoms with Crippen LogP contribution in [-0.2, 0) is 14.8 Å². The molecule has 7 heteroatoms. The van der Waals surface area contributed by atoms with Crippen molar-refractivity contribution in [3.8, 4) is 5.75 Å². The zero-order valence-corrected chi connectivity index (χ0v) is 15.0. The van der Waals surface area contributed by atoms with Crippen molar-refractivity contribution < 1.29 is 17.9 Å². The Morgan fingerprint density at radius 2 is 1.87 bits per heavy atom. The largest absolute Gasteiger partial charge is 0.494 e. The minimum Gasteiger partial charge on any atom is -0.494 e. The van der Waals surface area contributed by atoms with E-state index < -0.39 is 10.0 Å². The van der Waals surface area contributed by atoms with Crippen molar-refractivity contribution in [1.82, 2.24) is 5.32 Å². The van der Waals surface area contributed by atoms with Gasteiger partial charge in [0, 0.05) is 6.04 Å². The summed E-state index contributed by atoms with van der Waals surface area (Å²) in [6, 6.07) is 6.67. The van der Waals surface area contributed by atoms with Crippen LogP contribution >= 0.6 is 0 Å². The Hall–Kier alpha value is -1.76. The summed E-state index contributed by atoms with van der Waals surface area (Å²) in [5, 5.41) is 2.82. The van der Waals surface area contributed by atoms with Crippen molar-refractivity contribution in [1.29, 1.82) is 0 Å².